The first-order valence-corrected chi connectivity index (χ1v) is 13.3. The Labute approximate surface area is 243 Å². The van der Waals surface area contributed by atoms with E-state index in [1.807, 2.05) is 0 Å². The summed E-state index contributed by atoms with van der Waals surface area (Å²) in [7, 11) is 0. The van der Waals surface area contributed by atoms with E-state index in [2.05, 4.69) is 5.32 Å². The Balaban J connectivity index is 1.82. The van der Waals surface area contributed by atoms with E-state index in [1.165, 1.54) is 0 Å². The first-order chi connectivity index (χ1) is 20.1. The number of carboxylic acid groups (broad SMARTS) is 1. The lowest BCUT2D eigenvalue weighted by Crippen LogP contribution is -2.68. The van der Waals surface area contributed by atoms with Crippen LogP contribution in [0.15, 0.2) is 0 Å². The maximum atomic E-state index is 12.4. The predicted octanol–water partition coefficient (Wildman–Crippen LogP) is -8.26. The van der Waals surface area contributed by atoms with Crippen molar-refractivity contribution in [2.75, 3.05) is 19.8 Å². The largest absolute Gasteiger partial charge is 0.477 e. The molecule has 14 N–H and O–H groups in total. The van der Waals surface area contributed by atoms with Gasteiger partial charge in [-0.2, -0.15) is 0 Å². The molecule has 43 heavy (non-hydrogen) atoms. The Morgan fingerprint density at radius 3 is 2.21 bits per heavy atom. The van der Waals surface area contributed by atoms with Crippen molar-refractivity contribution in [2.24, 2.45) is 5.73 Å². The zero-order chi connectivity index (χ0) is 32.4. The molecule has 0 aromatic carbocycles. The molecular weight excluding hydrogens is 592 g/mol. The highest BCUT2D eigenvalue weighted by Gasteiger charge is 2.57. The van der Waals surface area contributed by atoms with E-state index in [-0.39, 0.29) is 0 Å². The van der Waals surface area contributed by atoms with Gasteiger partial charge in [-0.15, -0.1) is 0 Å². The number of hydrogen-bond acceptors (Lipinski definition) is 18. The van der Waals surface area contributed by atoms with Gasteiger partial charge in [0, 0.05) is 13.3 Å². The fourth-order valence-corrected chi connectivity index (χ4v) is 5.09. The molecule has 3 heterocycles. The molecule has 0 saturated carbocycles. The molecule has 3 rings (SSSR count). The number of nitrogens with one attached hydrogen (secondary N) is 1. The quantitative estimate of drug-likeness (QED) is 0.100. The number of carbonyl (C=O) groups is 2. The van der Waals surface area contributed by atoms with Crippen molar-refractivity contribution in [1.82, 2.24) is 5.32 Å². The second-order valence-electron chi connectivity index (χ2n) is 10.6. The summed E-state index contributed by atoms with van der Waals surface area (Å²) in [6.07, 6.45) is -24.1. The number of ether oxygens (including phenoxy) is 5. The summed E-state index contributed by atoms with van der Waals surface area (Å²) >= 11 is 0. The molecule has 0 aliphatic carbocycles. The van der Waals surface area contributed by atoms with E-state index in [0.29, 0.717) is 0 Å². The Hall–Kier alpha value is -1.70. The van der Waals surface area contributed by atoms with Gasteiger partial charge in [-0.25, -0.2) is 4.79 Å². The number of aliphatic carboxylic acids is 1. The van der Waals surface area contributed by atoms with E-state index >= 15 is 0 Å². The molecule has 3 aliphatic heterocycles. The second-order valence-corrected chi connectivity index (χ2v) is 10.6. The molecule has 20 heteroatoms. The predicted molar refractivity (Wildman–Crippen MR) is 132 cm³/mol. The average Bonchev–Trinajstić information content (AvgIpc) is 2.96. The number of carboxylic acids is 1. The van der Waals surface area contributed by atoms with Crippen molar-refractivity contribution in [3.8, 4) is 0 Å². The molecule has 0 radical (unpaired) electrons. The SMILES string of the molecule is CC(=O)N[C@H]1[C@H]([C@H](O)[C@H](O)CO)O[C@@](OC[C@H]2O[C@@H](O[C@H]3[C@H](O)[C@@H](N)C(O)O[C@@H]3CO)[C@H](O)[C@@H](O)[C@H]2O)(C(=O)O)C[C@@H]1O. The van der Waals surface area contributed by atoms with Gasteiger partial charge in [0.05, 0.1) is 38.0 Å². The van der Waals surface area contributed by atoms with Crippen LogP contribution < -0.4 is 11.1 Å². The number of carbonyl (C=O) groups excluding carboxylic acids is 1. The summed E-state index contributed by atoms with van der Waals surface area (Å²) in [5, 5.41) is 114. The molecule has 20 nitrogen and oxygen atoms in total. The smallest absolute Gasteiger partial charge is 0.364 e. The van der Waals surface area contributed by atoms with Gasteiger partial charge < -0.3 is 90.9 Å². The standard InChI is InChI=1S/C23H40N2O18/c1-6(28)25-12-7(29)2-23(22(37)38,43-19(12)13(31)8(30)3-26)39-5-10-14(32)16(34)17(35)21(41-10)42-18-9(4-27)40-20(36)11(24)15(18)33/h7-21,26-27,29-36H,2-5,24H2,1H3,(H,25,28)(H,37,38)/t7-,8+,9+,10+,11+,12+,13+,14-,15+,16-,17+,18+,19+,20?,21-,23+/m0/s1. The molecule has 3 fully saturated rings. The van der Waals surface area contributed by atoms with Gasteiger partial charge in [0.2, 0.25) is 5.91 Å². The Kier molecular flexibility index (Phi) is 12.1. The lowest BCUT2D eigenvalue weighted by Gasteiger charge is -2.48. The highest BCUT2D eigenvalue weighted by atomic mass is 16.8. The van der Waals surface area contributed by atoms with Crippen LogP contribution in [0.4, 0.5) is 0 Å². The number of aliphatic hydroxyl groups is 10. The van der Waals surface area contributed by atoms with Crippen LogP contribution in [0.2, 0.25) is 0 Å². The molecule has 3 aliphatic rings. The monoisotopic (exact) mass is 632 g/mol. The van der Waals surface area contributed by atoms with Crippen LogP contribution >= 0.6 is 0 Å². The van der Waals surface area contributed by atoms with E-state index < -0.39 is 136 Å². The van der Waals surface area contributed by atoms with Gasteiger partial charge in [0.15, 0.2) is 12.6 Å². The van der Waals surface area contributed by atoms with Gasteiger partial charge in [0.1, 0.15) is 61.0 Å². The van der Waals surface area contributed by atoms with Crippen LogP contribution in [0.5, 0.6) is 0 Å². The van der Waals surface area contributed by atoms with Crippen molar-refractivity contribution in [3.05, 3.63) is 0 Å². The summed E-state index contributed by atoms with van der Waals surface area (Å²) in [5.41, 5.74) is 5.67. The third-order valence-electron chi connectivity index (χ3n) is 7.55. The number of hydrogen-bond donors (Lipinski definition) is 13. The molecule has 0 aromatic rings. The first-order valence-electron chi connectivity index (χ1n) is 13.3. The van der Waals surface area contributed by atoms with Crippen LogP contribution in [0, 0.1) is 0 Å². The zero-order valence-electron chi connectivity index (χ0n) is 22.8. The van der Waals surface area contributed by atoms with E-state index in [1.54, 1.807) is 0 Å². The molecule has 250 valence electrons. The summed E-state index contributed by atoms with van der Waals surface area (Å²) in [6.45, 7) is -1.67. The summed E-state index contributed by atoms with van der Waals surface area (Å²) in [6, 6.07) is -2.88. The van der Waals surface area contributed by atoms with Gasteiger partial charge in [-0.1, -0.05) is 0 Å². The van der Waals surface area contributed by atoms with Gasteiger partial charge in [-0.05, 0) is 0 Å². The fourth-order valence-electron chi connectivity index (χ4n) is 5.09. The van der Waals surface area contributed by atoms with Gasteiger partial charge >= 0.3 is 5.97 Å². The summed E-state index contributed by atoms with van der Waals surface area (Å²) in [4.78, 5) is 24.0. The van der Waals surface area contributed by atoms with Crippen LogP contribution in [0.1, 0.15) is 13.3 Å². The van der Waals surface area contributed by atoms with E-state index in [9.17, 15) is 65.8 Å². The Morgan fingerprint density at radius 1 is 1.00 bits per heavy atom. The van der Waals surface area contributed by atoms with Crippen LogP contribution in [0.3, 0.4) is 0 Å². The number of aliphatic hydroxyl groups excluding tert-OH is 10. The van der Waals surface area contributed by atoms with Crippen molar-refractivity contribution in [1.29, 1.82) is 0 Å². The zero-order valence-corrected chi connectivity index (χ0v) is 22.8. The molecule has 0 aromatic heterocycles. The minimum Gasteiger partial charge on any atom is -0.477 e. The molecule has 0 spiro atoms. The van der Waals surface area contributed by atoms with Crippen LogP contribution in [0.25, 0.3) is 0 Å². The first kappa shape index (κ1) is 35.8. The van der Waals surface area contributed by atoms with Crippen molar-refractivity contribution in [3.63, 3.8) is 0 Å². The molecule has 0 bridgehead atoms. The minimum atomic E-state index is -2.81. The van der Waals surface area contributed by atoms with Gasteiger partial charge in [-0.3, -0.25) is 4.79 Å². The third-order valence-corrected chi connectivity index (χ3v) is 7.55. The van der Waals surface area contributed by atoms with Crippen molar-refractivity contribution < 1.29 is 89.4 Å². The van der Waals surface area contributed by atoms with Crippen LogP contribution in [-0.2, 0) is 33.3 Å². The minimum absolute atomic E-state index is 0.711. The highest BCUT2D eigenvalue weighted by molar-refractivity contribution is 5.76. The number of nitrogens with two attached hydrogens (primary N) is 1. The molecule has 1 unspecified atom stereocenters. The lowest BCUT2D eigenvalue weighted by atomic mass is 9.88. The van der Waals surface area contributed by atoms with Crippen molar-refractivity contribution >= 4 is 11.9 Å². The normalized spacial score (nSPS) is 45.3. The molecule has 16 atom stereocenters. The Morgan fingerprint density at radius 2 is 1.65 bits per heavy atom. The third kappa shape index (κ3) is 7.58. The topological polar surface area (TPSA) is 341 Å². The van der Waals surface area contributed by atoms with Crippen LogP contribution in [-0.4, -0.2) is 185 Å². The second kappa shape index (κ2) is 14.6. The average molecular weight is 633 g/mol. The molecule has 3 saturated heterocycles. The van der Waals surface area contributed by atoms with E-state index in [4.69, 9.17) is 29.4 Å². The van der Waals surface area contributed by atoms with Crippen molar-refractivity contribution in [2.45, 2.75) is 111 Å². The molecule has 1 amide bonds. The maximum Gasteiger partial charge on any atom is 0.364 e. The molecular formula is C23H40N2O18. The maximum absolute atomic E-state index is 12.4. The number of rotatable bonds is 11. The fraction of sp³-hybridized carbons (Fsp3) is 0.913. The van der Waals surface area contributed by atoms with E-state index in [0.717, 1.165) is 6.92 Å². The summed E-state index contributed by atoms with van der Waals surface area (Å²) in [5.74, 6) is -5.38. The summed E-state index contributed by atoms with van der Waals surface area (Å²) < 4.78 is 27.0. The highest BCUT2D eigenvalue weighted by Crippen LogP contribution is 2.35. The lowest BCUT2D eigenvalue weighted by molar-refractivity contribution is -0.357. The number of amides is 1. The Bertz CT molecular complexity index is 946. The van der Waals surface area contributed by atoms with Gasteiger partial charge in [0.25, 0.3) is 5.79 Å².